The number of carbonyl (C=O) groups excluding carboxylic acids is 1. The molecule has 25 heavy (non-hydrogen) atoms. The maximum atomic E-state index is 12.8. The van der Waals surface area contributed by atoms with Crippen molar-refractivity contribution in [1.82, 2.24) is 20.0 Å². The fourth-order valence-corrected chi connectivity index (χ4v) is 5.07. The van der Waals surface area contributed by atoms with Gasteiger partial charge in [-0.1, -0.05) is 11.6 Å². The number of amides is 1. The van der Waals surface area contributed by atoms with Crippen LogP contribution in [0.5, 0.6) is 0 Å². The number of hydrogen-bond donors (Lipinski definition) is 1. The first kappa shape index (κ1) is 17.1. The Hall–Kier alpha value is -1.37. The Morgan fingerprint density at radius 1 is 1.32 bits per heavy atom. The number of H-pyrrole nitrogens is 1. The van der Waals surface area contributed by atoms with E-state index in [1.807, 2.05) is 16.5 Å². The molecule has 0 aromatic carbocycles. The summed E-state index contributed by atoms with van der Waals surface area (Å²) < 4.78 is 0. The number of piperidine rings is 1. The molecule has 2 saturated heterocycles. The first-order valence-electron chi connectivity index (χ1n) is 8.99. The van der Waals surface area contributed by atoms with E-state index in [-0.39, 0.29) is 5.91 Å². The van der Waals surface area contributed by atoms with Gasteiger partial charge in [0.1, 0.15) is 4.88 Å². The quantitative estimate of drug-likeness (QED) is 0.881. The second kappa shape index (κ2) is 7.48. The van der Waals surface area contributed by atoms with Crippen LogP contribution in [-0.2, 0) is 6.54 Å². The van der Waals surface area contributed by atoms with Crippen molar-refractivity contribution in [2.45, 2.75) is 38.1 Å². The van der Waals surface area contributed by atoms with Gasteiger partial charge in [0, 0.05) is 36.8 Å². The van der Waals surface area contributed by atoms with Crippen LogP contribution in [-0.4, -0.2) is 52.1 Å². The van der Waals surface area contributed by atoms with Crippen molar-refractivity contribution < 1.29 is 4.79 Å². The maximum absolute atomic E-state index is 12.8. The van der Waals surface area contributed by atoms with Gasteiger partial charge in [0.15, 0.2) is 0 Å². The summed E-state index contributed by atoms with van der Waals surface area (Å²) in [6, 6.07) is 1.80. The standard InChI is InChI=1S/C18H23ClN4OS/c19-15-5-9-25-17(15)18(24)23-8-3-4-13(12-23)16-14(10-20-21-16)11-22-6-1-2-7-22/h5,9-10,13H,1-4,6-8,11-12H2,(H,20,21). The number of nitrogens with zero attached hydrogens (tertiary/aromatic N) is 3. The summed E-state index contributed by atoms with van der Waals surface area (Å²) >= 11 is 7.58. The summed E-state index contributed by atoms with van der Waals surface area (Å²) in [5.74, 6) is 0.391. The van der Waals surface area contributed by atoms with Gasteiger partial charge < -0.3 is 4.90 Å². The van der Waals surface area contributed by atoms with Gasteiger partial charge in [0.05, 0.1) is 11.2 Å². The molecule has 2 aromatic heterocycles. The highest BCUT2D eigenvalue weighted by atomic mass is 35.5. The van der Waals surface area contributed by atoms with Crippen molar-refractivity contribution >= 4 is 28.8 Å². The van der Waals surface area contributed by atoms with Gasteiger partial charge in [-0.25, -0.2) is 0 Å². The monoisotopic (exact) mass is 378 g/mol. The molecule has 0 aliphatic carbocycles. The van der Waals surface area contributed by atoms with Crippen LogP contribution in [0.15, 0.2) is 17.6 Å². The molecule has 0 saturated carbocycles. The topological polar surface area (TPSA) is 52.2 Å². The number of carbonyl (C=O) groups is 1. The third-order valence-corrected chi connectivity index (χ3v) is 6.60. The Balaban J connectivity index is 1.47. The van der Waals surface area contributed by atoms with Crippen molar-refractivity contribution in [3.05, 3.63) is 38.8 Å². The van der Waals surface area contributed by atoms with Crippen LogP contribution in [0.1, 0.15) is 52.5 Å². The summed E-state index contributed by atoms with van der Waals surface area (Å²) in [6.45, 7) is 4.86. The van der Waals surface area contributed by atoms with Crippen molar-refractivity contribution in [1.29, 1.82) is 0 Å². The highest BCUT2D eigenvalue weighted by Crippen LogP contribution is 2.31. The number of hydrogen-bond acceptors (Lipinski definition) is 4. The normalized spacial score (nSPS) is 21.8. The first-order chi connectivity index (χ1) is 12.2. The van der Waals surface area contributed by atoms with Crippen molar-refractivity contribution in [2.24, 2.45) is 0 Å². The number of halogens is 1. The predicted octanol–water partition coefficient (Wildman–Crippen LogP) is 3.74. The third-order valence-electron chi connectivity index (χ3n) is 5.27. The number of thiophene rings is 1. The molecular formula is C18H23ClN4OS. The minimum atomic E-state index is 0.0605. The molecule has 2 aliphatic rings. The van der Waals surface area contributed by atoms with Crippen molar-refractivity contribution in [2.75, 3.05) is 26.2 Å². The smallest absolute Gasteiger partial charge is 0.265 e. The number of aromatic amines is 1. The second-order valence-corrected chi connectivity index (χ2v) is 8.30. The summed E-state index contributed by atoms with van der Waals surface area (Å²) in [7, 11) is 0. The number of likely N-dealkylation sites (tertiary alicyclic amines) is 2. The molecule has 0 bridgehead atoms. The molecular weight excluding hydrogens is 356 g/mol. The lowest BCUT2D eigenvalue weighted by molar-refractivity contribution is 0.0710. The molecule has 7 heteroatoms. The molecule has 5 nitrogen and oxygen atoms in total. The minimum absolute atomic E-state index is 0.0605. The third kappa shape index (κ3) is 3.61. The molecule has 0 spiro atoms. The van der Waals surface area contributed by atoms with Gasteiger partial charge in [-0.3, -0.25) is 14.8 Å². The van der Waals surface area contributed by atoms with E-state index in [0.29, 0.717) is 15.8 Å². The molecule has 4 rings (SSSR count). The van der Waals surface area contributed by atoms with E-state index in [1.165, 1.54) is 48.5 Å². The van der Waals surface area contributed by atoms with E-state index >= 15 is 0 Å². The van der Waals surface area contributed by atoms with Crippen LogP contribution in [0.3, 0.4) is 0 Å². The zero-order valence-electron chi connectivity index (χ0n) is 14.2. The van der Waals surface area contributed by atoms with Gasteiger partial charge >= 0.3 is 0 Å². The molecule has 1 amide bonds. The maximum Gasteiger partial charge on any atom is 0.265 e. The van der Waals surface area contributed by atoms with Gasteiger partial charge in [-0.05, 0) is 50.2 Å². The fourth-order valence-electron chi connectivity index (χ4n) is 3.97. The largest absolute Gasteiger partial charge is 0.337 e. The predicted molar refractivity (Wildman–Crippen MR) is 100 cm³/mol. The highest BCUT2D eigenvalue weighted by Gasteiger charge is 2.29. The lowest BCUT2D eigenvalue weighted by Crippen LogP contribution is -2.39. The Bertz CT molecular complexity index is 737. The highest BCUT2D eigenvalue weighted by molar-refractivity contribution is 7.12. The lowest BCUT2D eigenvalue weighted by Gasteiger charge is -2.32. The molecule has 2 aliphatic heterocycles. The zero-order valence-corrected chi connectivity index (χ0v) is 15.8. The first-order valence-corrected chi connectivity index (χ1v) is 10.2. The SMILES string of the molecule is O=C(c1sccc1Cl)N1CCCC(c2[nH]ncc2CN2CCCC2)C1. The second-order valence-electron chi connectivity index (χ2n) is 6.98. The summed E-state index contributed by atoms with van der Waals surface area (Å²) in [4.78, 5) is 17.9. The summed E-state index contributed by atoms with van der Waals surface area (Å²) in [6.07, 6.45) is 6.66. The van der Waals surface area contributed by atoms with Crippen LogP contribution in [0, 0.1) is 0 Å². The minimum Gasteiger partial charge on any atom is -0.337 e. The molecule has 1 N–H and O–H groups in total. The van der Waals surface area contributed by atoms with Gasteiger partial charge in [0.25, 0.3) is 5.91 Å². The van der Waals surface area contributed by atoms with E-state index < -0.39 is 0 Å². The van der Waals surface area contributed by atoms with E-state index in [1.54, 1.807) is 6.07 Å². The van der Waals surface area contributed by atoms with Crippen molar-refractivity contribution in [3.63, 3.8) is 0 Å². The molecule has 2 aromatic rings. The van der Waals surface area contributed by atoms with Crippen molar-refractivity contribution in [3.8, 4) is 0 Å². The Labute approximate surface area is 157 Å². The number of aromatic nitrogens is 2. The number of rotatable bonds is 4. The zero-order chi connectivity index (χ0) is 17.2. The van der Waals surface area contributed by atoms with Crippen LogP contribution in [0.25, 0.3) is 0 Å². The molecule has 1 unspecified atom stereocenters. The van der Waals surface area contributed by atoms with Crippen LogP contribution < -0.4 is 0 Å². The van der Waals surface area contributed by atoms with Crippen LogP contribution in [0.2, 0.25) is 5.02 Å². The molecule has 4 heterocycles. The number of nitrogens with one attached hydrogen (secondary N) is 1. The fraction of sp³-hybridized carbons (Fsp3) is 0.556. The van der Waals surface area contributed by atoms with Crippen LogP contribution >= 0.6 is 22.9 Å². The van der Waals surface area contributed by atoms with E-state index in [2.05, 4.69) is 15.1 Å². The van der Waals surface area contributed by atoms with Crippen LogP contribution in [0.4, 0.5) is 0 Å². The lowest BCUT2D eigenvalue weighted by atomic mass is 9.92. The van der Waals surface area contributed by atoms with E-state index in [0.717, 1.165) is 32.5 Å². The molecule has 0 radical (unpaired) electrons. The van der Waals surface area contributed by atoms with E-state index in [9.17, 15) is 4.79 Å². The summed E-state index contributed by atoms with van der Waals surface area (Å²) in [5, 5.41) is 9.95. The molecule has 1 atom stereocenters. The molecule has 134 valence electrons. The summed E-state index contributed by atoms with van der Waals surface area (Å²) in [5.41, 5.74) is 2.50. The van der Waals surface area contributed by atoms with Gasteiger partial charge in [0.2, 0.25) is 0 Å². The van der Waals surface area contributed by atoms with Gasteiger partial charge in [-0.15, -0.1) is 11.3 Å². The van der Waals surface area contributed by atoms with Gasteiger partial charge in [-0.2, -0.15) is 5.10 Å². The Kier molecular flexibility index (Phi) is 5.10. The average Bonchev–Trinajstić information content (AvgIpc) is 3.37. The Morgan fingerprint density at radius 2 is 2.16 bits per heavy atom. The Morgan fingerprint density at radius 3 is 2.92 bits per heavy atom. The molecule has 2 fully saturated rings. The van der Waals surface area contributed by atoms with E-state index in [4.69, 9.17) is 11.6 Å². The average molecular weight is 379 g/mol.